The van der Waals surface area contributed by atoms with E-state index in [9.17, 15) is 0 Å². The fourth-order valence-corrected chi connectivity index (χ4v) is 4.68. The number of rotatable bonds is 2. The molecule has 0 aromatic rings. The molecule has 0 amide bonds. The molecule has 3 aliphatic heterocycles. The second-order valence-electron chi connectivity index (χ2n) is 6.75. The summed E-state index contributed by atoms with van der Waals surface area (Å²) in [5, 5.41) is 0. The lowest BCUT2D eigenvalue weighted by Crippen LogP contribution is -2.64. The van der Waals surface area contributed by atoms with Crippen molar-refractivity contribution in [2.24, 2.45) is 5.73 Å². The van der Waals surface area contributed by atoms with E-state index in [1.807, 2.05) is 0 Å². The van der Waals surface area contributed by atoms with Gasteiger partial charge in [0.15, 0.2) is 0 Å². The van der Waals surface area contributed by atoms with Crippen molar-refractivity contribution in [2.75, 3.05) is 26.2 Å². The van der Waals surface area contributed by atoms with Gasteiger partial charge in [-0.3, -0.25) is 4.90 Å². The van der Waals surface area contributed by atoms with Gasteiger partial charge in [0.05, 0.1) is 0 Å². The maximum Gasteiger partial charge on any atom is 0.0361 e. The van der Waals surface area contributed by atoms with Crippen molar-refractivity contribution in [1.82, 2.24) is 9.80 Å². The Labute approximate surface area is 112 Å². The molecule has 0 aliphatic carbocycles. The Morgan fingerprint density at radius 2 is 2.00 bits per heavy atom. The largest absolute Gasteiger partial charge is 0.329 e. The van der Waals surface area contributed by atoms with Gasteiger partial charge in [0.1, 0.15) is 0 Å². The zero-order chi connectivity index (χ0) is 12.6. The van der Waals surface area contributed by atoms with Gasteiger partial charge in [0.2, 0.25) is 0 Å². The Morgan fingerprint density at radius 3 is 2.78 bits per heavy atom. The van der Waals surface area contributed by atoms with Gasteiger partial charge in [-0.25, -0.2) is 0 Å². The quantitative estimate of drug-likeness (QED) is 0.812. The van der Waals surface area contributed by atoms with Crippen molar-refractivity contribution in [1.29, 1.82) is 0 Å². The number of fused-ring (bicyclic) bond motifs is 1. The molecule has 3 unspecified atom stereocenters. The van der Waals surface area contributed by atoms with Crippen LogP contribution in [-0.2, 0) is 0 Å². The van der Waals surface area contributed by atoms with Crippen LogP contribution in [0.4, 0.5) is 0 Å². The molecular formula is C15H29N3. The third-order valence-electron chi connectivity index (χ3n) is 5.77. The van der Waals surface area contributed by atoms with E-state index in [0.717, 1.165) is 18.6 Å². The molecule has 3 fully saturated rings. The molecule has 2 N–H and O–H groups in total. The lowest BCUT2D eigenvalue weighted by Gasteiger charge is -2.53. The normalized spacial score (nSPS) is 43.0. The van der Waals surface area contributed by atoms with Crippen molar-refractivity contribution >= 4 is 0 Å². The Bertz CT molecular complexity index is 293. The minimum absolute atomic E-state index is 0.325. The third-order valence-corrected chi connectivity index (χ3v) is 5.77. The summed E-state index contributed by atoms with van der Waals surface area (Å²) in [6.07, 6.45) is 9.59. The van der Waals surface area contributed by atoms with E-state index in [-0.39, 0.29) is 0 Å². The zero-order valence-corrected chi connectivity index (χ0v) is 11.9. The molecule has 0 saturated carbocycles. The SMILES string of the molecule is CC1CCCCN1C1(CN)CCN2CCCC2C1. The molecule has 3 aliphatic rings. The fraction of sp³-hybridized carbons (Fsp3) is 1.00. The number of hydrogen-bond donors (Lipinski definition) is 1. The Hall–Kier alpha value is -0.120. The minimum Gasteiger partial charge on any atom is -0.329 e. The number of piperidine rings is 2. The van der Waals surface area contributed by atoms with Crippen LogP contribution in [0.25, 0.3) is 0 Å². The van der Waals surface area contributed by atoms with Gasteiger partial charge in [0.25, 0.3) is 0 Å². The Morgan fingerprint density at radius 1 is 1.11 bits per heavy atom. The predicted octanol–water partition coefficient (Wildman–Crippen LogP) is 1.82. The molecule has 0 aromatic heterocycles. The minimum atomic E-state index is 0.325. The molecule has 0 aromatic carbocycles. The molecule has 3 nitrogen and oxygen atoms in total. The first-order valence-electron chi connectivity index (χ1n) is 7.96. The Kier molecular flexibility index (Phi) is 3.65. The van der Waals surface area contributed by atoms with Crippen LogP contribution in [0.3, 0.4) is 0 Å². The summed E-state index contributed by atoms with van der Waals surface area (Å²) in [5.41, 5.74) is 6.58. The summed E-state index contributed by atoms with van der Waals surface area (Å²) in [7, 11) is 0. The van der Waals surface area contributed by atoms with Crippen LogP contribution in [0, 0.1) is 0 Å². The average Bonchev–Trinajstić information content (AvgIpc) is 2.86. The topological polar surface area (TPSA) is 32.5 Å². The summed E-state index contributed by atoms with van der Waals surface area (Å²) in [6, 6.07) is 1.58. The highest BCUT2D eigenvalue weighted by molar-refractivity contribution is 5.03. The summed E-state index contributed by atoms with van der Waals surface area (Å²) in [4.78, 5) is 5.49. The maximum atomic E-state index is 6.25. The lowest BCUT2D eigenvalue weighted by atomic mass is 9.79. The van der Waals surface area contributed by atoms with E-state index in [1.165, 1.54) is 64.6 Å². The van der Waals surface area contributed by atoms with E-state index < -0.39 is 0 Å². The molecule has 104 valence electrons. The van der Waals surface area contributed by atoms with Crippen LogP contribution in [0.15, 0.2) is 0 Å². The number of hydrogen-bond acceptors (Lipinski definition) is 3. The van der Waals surface area contributed by atoms with Gasteiger partial charge in [-0.1, -0.05) is 6.42 Å². The smallest absolute Gasteiger partial charge is 0.0361 e. The molecule has 0 spiro atoms. The van der Waals surface area contributed by atoms with E-state index in [4.69, 9.17) is 5.73 Å². The van der Waals surface area contributed by atoms with E-state index >= 15 is 0 Å². The number of nitrogens with zero attached hydrogens (tertiary/aromatic N) is 2. The van der Waals surface area contributed by atoms with Gasteiger partial charge in [-0.05, 0) is 58.5 Å². The highest BCUT2D eigenvalue weighted by Crippen LogP contribution is 2.39. The van der Waals surface area contributed by atoms with Crippen LogP contribution in [-0.4, -0.2) is 53.6 Å². The summed E-state index contributed by atoms with van der Waals surface area (Å²) in [5.74, 6) is 0. The van der Waals surface area contributed by atoms with Crippen LogP contribution in [0.5, 0.6) is 0 Å². The van der Waals surface area contributed by atoms with E-state index in [2.05, 4.69) is 16.7 Å². The lowest BCUT2D eigenvalue weighted by molar-refractivity contribution is -0.0269. The van der Waals surface area contributed by atoms with E-state index in [1.54, 1.807) is 0 Å². The predicted molar refractivity (Wildman–Crippen MR) is 75.6 cm³/mol. The molecule has 3 heterocycles. The highest BCUT2D eigenvalue weighted by Gasteiger charge is 2.45. The van der Waals surface area contributed by atoms with Crippen molar-refractivity contribution in [3.8, 4) is 0 Å². The van der Waals surface area contributed by atoms with Crippen LogP contribution >= 0.6 is 0 Å². The zero-order valence-electron chi connectivity index (χ0n) is 11.9. The van der Waals surface area contributed by atoms with E-state index in [0.29, 0.717) is 5.54 Å². The van der Waals surface area contributed by atoms with Gasteiger partial charge in [-0.2, -0.15) is 0 Å². The van der Waals surface area contributed by atoms with Gasteiger partial charge in [-0.15, -0.1) is 0 Å². The summed E-state index contributed by atoms with van der Waals surface area (Å²) in [6.45, 7) is 7.18. The number of likely N-dealkylation sites (tertiary alicyclic amines) is 1. The molecular weight excluding hydrogens is 222 g/mol. The monoisotopic (exact) mass is 251 g/mol. The first-order chi connectivity index (χ1) is 8.75. The molecule has 0 bridgehead atoms. The first-order valence-corrected chi connectivity index (χ1v) is 7.96. The van der Waals surface area contributed by atoms with Crippen molar-refractivity contribution in [3.63, 3.8) is 0 Å². The molecule has 18 heavy (non-hydrogen) atoms. The second kappa shape index (κ2) is 5.10. The van der Waals surface area contributed by atoms with Crippen molar-refractivity contribution in [3.05, 3.63) is 0 Å². The molecule has 3 rings (SSSR count). The molecule has 3 saturated heterocycles. The fourth-order valence-electron chi connectivity index (χ4n) is 4.68. The van der Waals surface area contributed by atoms with Crippen molar-refractivity contribution in [2.45, 2.75) is 69.5 Å². The average molecular weight is 251 g/mol. The van der Waals surface area contributed by atoms with Crippen LogP contribution in [0.2, 0.25) is 0 Å². The summed E-state index contributed by atoms with van der Waals surface area (Å²) >= 11 is 0. The summed E-state index contributed by atoms with van der Waals surface area (Å²) < 4.78 is 0. The first kappa shape index (κ1) is 12.9. The van der Waals surface area contributed by atoms with Gasteiger partial charge >= 0.3 is 0 Å². The van der Waals surface area contributed by atoms with Gasteiger partial charge < -0.3 is 10.6 Å². The molecule has 3 atom stereocenters. The molecule has 3 heteroatoms. The Balaban J connectivity index is 1.76. The van der Waals surface area contributed by atoms with Crippen LogP contribution < -0.4 is 5.73 Å². The second-order valence-corrected chi connectivity index (χ2v) is 6.75. The maximum absolute atomic E-state index is 6.25. The third kappa shape index (κ3) is 2.10. The standard InChI is InChI=1S/C15H29N3/c1-13-5-2-3-9-18(13)15(12-16)7-10-17-8-4-6-14(17)11-15/h13-14H,2-12,16H2,1H3. The number of nitrogens with two attached hydrogens (primary N) is 1. The highest BCUT2D eigenvalue weighted by atomic mass is 15.3. The van der Waals surface area contributed by atoms with Crippen LogP contribution in [0.1, 0.15) is 51.9 Å². The van der Waals surface area contributed by atoms with Gasteiger partial charge in [0, 0.05) is 30.7 Å². The molecule has 0 radical (unpaired) electrons. The van der Waals surface area contributed by atoms with Crippen molar-refractivity contribution < 1.29 is 0 Å².